The van der Waals surface area contributed by atoms with Gasteiger partial charge < -0.3 is 38.6 Å². The molecule has 3 fully saturated rings. The Morgan fingerprint density at radius 2 is 1.68 bits per heavy atom. The molecule has 0 aromatic heterocycles. The van der Waals surface area contributed by atoms with Crippen molar-refractivity contribution in [3.8, 4) is 0 Å². The summed E-state index contributed by atoms with van der Waals surface area (Å²) in [4.78, 5) is 70.6. The molecule has 13 heteroatoms. The van der Waals surface area contributed by atoms with Gasteiger partial charge in [-0.1, -0.05) is 52.0 Å². The lowest BCUT2D eigenvalue weighted by Crippen LogP contribution is -2.61. The molecule has 3 aliphatic heterocycles. The molecule has 1 aromatic rings. The van der Waals surface area contributed by atoms with Crippen LogP contribution in [0.5, 0.6) is 0 Å². The van der Waals surface area contributed by atoms with Gasteiger partial charge in [-0.25, -0.2) is 9.59 Å². The number of nitrogens with one attached hydrogen (secondary N) is 1. The summed E-state index contributed by atoms with van der Waals surface area (Å²) in [5, 5.41) is 2.78. The van der Waals surface area contributed by atoms with Crippen LogP contribution in [0.4, 0.5) is 4.79 Å². The zero-order valence-corrected chi connectivity index (χ0v) is 32.8. The number of esters is 2. The molecule has 4 rings (SSSR count). The van der Waals surface area contributed by atoms with Gasteiger partial charge in [-0.05, 0) is 73.2 Å². The normalized spacial score (nSPS) is 38.6. The van der Waals surface area contributed by atoms with E-state index in [2.05, 4.69) is 11.9 Å². The first kappa shape index (κ1) is 42.1. The van der Waals surface area contributed by atoms with Crippen molar-refractivity contribution in [3.05, 3.63) is 48.6 Å². The van der Waals surface area contributed by atoms with Gasteiger partial charge in [0, 0.05) is 17.8 Å². The minimum absolute atomic E-state index is 0.0444. The molecule has 1 amide bonds. The fourth-order valence-corrected chi connectivity index (χ4v) is 8.25. The second-order valence-electron chi connectivity index (χ2n) is 15.5. The van der Waals surface area contributed by atoms with Crippen LogP contribution in [0, 0.1) is 23.7 Å². The maximum absolute atomic E-state index is 14.4. The van der Waals surface area contributed by atoms with Crippen molar-refractivity contribution in [2.24, 2.45) is 23.7 Å². The van der Waals surface area contributed by atoms with E-state index in [9.17, 15) is 24.0 Å². The van der Waals surface area contributed by atoms with Crippen LogP contribution < -0.4 is 5.32 Å². The maximum Gasteiger partial charge on any atom is 0.408 e. The van der Waals surface area contributed by atoms with E-state index in [1.165, 1.54) is 6.92 Å². The van der Waals surface area contributed by atoms with Gasteiger partial charge in [-0.15, -0.1) is 6.58 Å². The van der Waals surface area contributed by atoms with Crippen molar-refractivity contribution < 1.29 is 52.4 Å². The highest BCUT2D eigenvalue weighted by molar-refractivity contribution is 6.00. The van der Waals surface area contributed by atoms with E-state index in [-0.39, 0.29) is 37.4 Å². The van der Waals surface area contributed by atoms with Crippen LogP contribution in [-0.2, 0) is 42.8 Å². The highest BCUT2D eigenvalue weighted by Gasteiger charge is 2.57. The van der Waals surface area contributed by atoms with Crippen molar-refractivity contribution in [3.63, 3.8) is 0 Å². The van der Waals surface area contributed by atoms with Crippen molar-refractivity contribution >= 4 is 29.6 Å². The second-order valence-corrected chi connectivity index (χ2v) is 15.5. The van der Waals surface area contributed by atoms with E-state index in [4.69, 9.17) is 28.4 Å². The molecule has 53 heavy (non-hydrogen) atoms. The van der Waals surface area contributed by atoms with E-state index >= 15 is 0 Å². The van der Waals surface area contributed by atoms with Gasteiger partial charge in [0.25, 0.3) is 0 Å². The van der Waals surface area contributed by atoms with Crippen LogP contribution in [0.3, 0.4) is 0 Å². The number of hydrogen-bond donors (Lipinski definition) is 1. The van der Waals surface area contributed by atoms with Gasteiger partial charge in [-0.2, -0.15) is 0 Å². The summed E-state index contributed by atoms with van der Waals surface area (Å²) in [5.74, 6) is -5.79. The summed E-state index contributed by atoms with van der Waals surface area (Å²) in [6.45, 7) is 17.5. The quantitative estimate of drug-likeness (QED) is 0.158. The Morgan fingerprint density at radius 3 is 2.28 bits per heavy atom. The van der Waals surface area contributed by atoms with E-state index in [0.29, 0.717) is 12.0 Å². The molecule has 0 bridgehead atoms. The Kier molecular flexibility index (Phi) is 13.7. The molecule has 0 spiro atoms. The number of ether oxygens (including phenoxy) is 6. The van der Waals surface area contributed by atoms with Crippen LogP contribution >= 0.6 is 0 Å². The number of rotatable bonds is 9. The predicted octanol–water partition coefficient (Wildman–Crippen LogP) is 4.90. The Hall–Kier alpha value is -3.65. The molecule has 3 aliphatic rings. The first-order valence-electron chi connectivity index (χ1n) is 18.6. The average molecular weight is 743 g/mol. The molecule has 3 saturated heterocycles. The lowest BCUT2D eigenvalue weighted by Gasteiger charge is -2.48. The van der Waals surface area contributed by atoms with Gasteiger partial charge in [0.1, 0.15) is 17.8 Å². The van der Waals surface area contributed by atoms with Crippen LogP contribution in [-0.4, -0.2) is 109 Å². The first-order valence-corrected chi connectivity index (χ1v) is 18.6. The molecule has 1 aromatic carbocycles. The topological polar surface area (TPSA) is 156 Å². The number of Topliss-reactive ketones (excluding diaryl/α,β-unsaturated/α-hetero) is 2. The molecule has 0 radical (unpaired) electrons. The zero-order chi connectivity index (χ0) is 39.4. The van der Waals surface area contributed by atoms with Gasteiger partial charge in [0.15, 0.2) is 23.8 Å². The Morgan fingerprint density at radius 1 is 1.02 bits per heavy atom. The van der Waals surface area contributed by atoms with Gasteiger partial charge in [-0.3, -0.25) is 14.4 Å². The third kappa shape index (κ3) is 9.01. The van der Waals surface area contributed by atoms with Crippen LogP contribution in [0.2, 0.25) is 0 Å². The van der Waals surface area contributed by atoms with Crippen molar-refractivity contribution in [2.45, 2.75) is 129 Å². The second kappa shape index (κ2) is 17.2. The lowest BCUT2D eigenvalue weighted by atomic mass is 9.73. The third-order valence-electron chi connectivity index (χ3n) is 11.2. The summed E-state index contributed by atoms with van der Waals surface area (Å²) in [6.07, 6.45) is -2.84. The number of benzene rings is 1. The molecule has 13 nitrogen and oxygen atoms in total. The zero-order valence-electron chi connectivity index (χ0n) is 32.8. The number of carbonyl (C=O) groups is 5. The Bertz CT molecular complexity index is 1500. The smallest absolute Gasteiger partial charge is 0.408 e. The molecule has 1 N–H and O–H groups in total. The van der Waals surface area contributed by atoms with Crippen molar-refractivity contribution in [1.29, 1.82) is 0 Å². The highest BCUT2D eigenvalue weighted by Crippen LogP contribution is 2.40. The van der Waals surface area contributed by atoms with E-state index < -0.39 is 89.3 Å². The van der Waals surface area contributed by atoms with Crippen molar-refractivity contribution in [2.75, 3.05) is 20.7 Å². The monoisotopic (exact) mass is 742 g/mol. The minimum atomic E-state index is -1.38. The van der Waals surface area contributed by atoms with Crippen LogP contribution in [0.1, 0.15) is 85.0 Å². The Balaban J connectivity index is 1.82. The third-order valence-corrected chi connectivity index (χ3v) is 11.2. The lowest BCUT2D eigenvalue weighted by molar-refractivity contribution is -0.296. The van der Waals surface area contributed by atoms with Crippen LogP contribution in [0.15, 0.2) is 43.0 Å². The molecule has 0 unspecified atom stereocenters. The molecule has 0 saturated carbocycles. The SMILES string of the molecule is C=CCO[C@]1(C)C[C@@H](C)C(=O)[C@@H](C)[C@H]2NC(=O)O[C@]2(C)[C@@H](CC)OC(=O)[C@H](C)C(=O)[C@H](C)[C@H]1O[C@@H]1O[C@H](C)C[C@H](N(C)C)[C@H]1OC(=O)c1ccccc1. The Labute approximate surface area is 313 Å². The fraction of sp³-hybridized carbons (Fsp3) is 0.675. The molecular formula is C40H58N2O11. The number of carbonyl (C=O) groups excluding carboxylic acids is 5. The number of nitrogens with zero attached hydrogens (tertiary/aromatic N) is 1. The maximum atomic E-state index is 14.4. The van der Waals surface area contributed by atoms with E-state index in [1.54, 1.807) is 78.0 Å². The molecule has 13 atom stereocenters. The molecular weight excluding hydrogens is 684 g/mol. The summed E-state index contributed by atoms with van der Waals surface area (Å²) < 4.78 is 37.6. The number of alkyl carbamates (subject to hydrolysis) is 1. The number of ketones is 2. The minimum Gasteiger partial charge on any atom is -0.458 e. The van der Waals surface area contributed by atoms with E-state index in [0.717, 1.165) is 0 Å². The predicted molar refractivity (Wildman–Crippen MR) is 195 cm³/mol. The van der Waals surface area contributed by atoms with Crippen molar-refractivity contribution in [1.82, 2.24) is 10.2 Å². The number of cyclic esters (lactones) is 1. The number of fused-ring (bicyclic) bond motifs is 1. The van der Waals surface area contributed by atoms with Gasteiger partial charge in [0.2, 0.25) is 0 Å². The standard InChI is InChI=1S/C40H58N2O11/c1-12-19-48-39(8)21-22(3)30(43)24(5)33-40(9,53-38(47)41-33)29(13-2)50-35(45)26(7)31(44)25(6)34(39)52-37-32(28(42(10)11)20-23(4)49-37)51-36(46)27-17-15-14-16-18-27/h12,14-18,22-26,28-29,32-34,37H,1,13,19-21H2,2-11H3,(H,41,47)/t22-,23-,24-,25+,26-,28+,29-,32-,33-,34-,37+,39-,40-/m1/s1. The highest BCUT2D eigenvalue weighted by atomic mass is 16.7. The fourth-order valence-electron chi connectivity index (χ4n) is 8.25. The molecule has 3 heterocycles. The van der Waals surface area contributed by atoms with Gasteiger partial charge >= 0.3 is 18.0 Å². The summed E-state index contributed by atoms with van der Waals surface area (Å²) in [5.41, 5.74) is -2.39. The molecule has 0 aliphatic carbocycles. The van der Waals surface area contributed by atoms with E-state index in [1.807, 2.05) is 25.9 Å². The largest absolute Gasteiger partial charge is 0.458 e. The molecule has 294 valence electrons. The number of likely N-dealkylation sites (N-methyl/N-ethyl adjacent to an activating group) is 1. The first-order chi connectivity index (χ1) is 24.9. The summed E-state index contributed by atoms with van der Waals surface area (Å²) in [7, 11) is 3.75. The summed E-state index contributed by atoms with van der Waals surface area (Å²) in [6, 6.07) is 7.43. The van der Waals surface area contributed by atoms with Crippen LogP contribution in [0.25, 0.3) is 0 Å². The number of amides is 1. The van der Waals surface area contributed by atoms with Gasteiger partial charge in [0.05, 0.1) is 42.1 Å². The summed E-state index contributed by atoms with van der Waals surface area (Å²) >= 11 is 0. The average Bonchev–Trinajstić information content (AvgIpc) is 3.44. The number of hydrogen-bond acceptors (Lipinski definition) is 12.